The van der Waals surface area contributed by atoms with E-state index in [-0.39, 0.29) is 18.4 Å². The summed E-state index contributed by atoms with van der Waals surface area (Å²) in [6.07, 6.45) is 4.05. The van der Waals surface area contributed by atoms with Crippen molar-refractivity contribution in [2.24, 2.45) is 5.92 Å². The summed E-state index contributed by atoms with van der Waals surface area (Å²) in [6, 6.07) is 15.5. The van der Waals surface area contributed by atoms with E-state index in [0.717, 1.165) is 31.2 Å². The van der Waals surface area contributed by atoms with Crippen LogP contribution < -0.4 is 0 Å². The van der Waals surface area contributed by atoms with Crippen LogP contribution in [0.25, 0.3) is 0 Å². The Morgan fingerprint density at radius 2 is 1.74 bits per heavy atom. The first-order valence-electron chi connectivity index (χ1n) is 10.7. The fourth-order valence-electron chi connectivity index (χ4n) is 4.04. The van der Waals surface area contributed by atoms with E-state index in [9.17, 15) is 14.7 Å². The predicted molar refractivity (Wildman–Crippen MR) is 124 cm³/mol. The Balaban J connectivity index is 1.57. The topological polar surface area (TPSA) is 60.9 Å². The molecule has 2 aromatic rings. The fraction of sp³-hybridized carbons (Fsp3) is 0.417. The number of urea groups is 1. The van der Waals surface area contributed by atoms with Crippen molar-refractivity contribution < 1.29 is 14.7 Å². The monoisotopic (exact) mass is 462 g/mol. The zero-order valence-electron chi connectivity index (χ0n) is 17.5. The van der Waals surface area contributed by atoms with Crippen molar-refractivity contribution >= 4 is 35.2 Å². The summed E-state index contributed by atoms with van der Waals surface area (Å²) in [7, 11) is 0. The van der Waals surface area contributed by atoms with Crippen LogP contribution in [0.5, 0.6) is 0 Å². The van der Waals surface area contributed by atoms with E-state index in [0.29, 0.717) is 36.2 Å². The zero-order chi connectivity index (χ0) is 22.2. The maximum absolute atomic E-state index is 13.1. The molecule has 5 nitrogen and oxygen atoms in total. The minimum atomic E-state index is -0.841. The van der Waals surface area contributed by atoms with Gasteiger partial charge in [-0.2, -0.15) is 0 Å². The summed E-state index contributed by atoms with van der Waals surface area (Å²) in [4.78, 5) is 27.8. The average Bonchev–Trinajstić information content (AvgIpc) is 2.73. The summed E-state index contributed by atoms with van der Waals surface area (Å²) in [5, 5.41) is 10.3. The van der Waals surface area contributed by atoms with Gasteiger partial charge in [0.05, 0.1) is 6.42 Å². The van der Waals surface area contributed by atoms with Gasteiger partial charge in [-0.25, -0.2) is 4.79 Å². The third-order valence-electron chi connectivity index (χ3n) is 5.57. The summed E-state index contributed by atoms with van der Waals surface area (Å²) in [5.74, 6) is -0.947. The molecule has 2 amide bonds. The lowest BCUT2D eigenvalue weighted by Crippen LogP contribution is -2.53. The molecule has 3 rings (SSSR count). The molecule has 166 valence electrons. The van der Waals surface area contributed by atoms with E-state index in [1.54, 1.807) is 21.9 Å². The van der Waals surface area contributed by atoms with Crippen LogP contribution in [0, 0.1) is 5.92 Å². The molecule has 0 bridgehead atoms. The number of rotatable bonds is 10. The van der Waals surface area contributed by atoms with E-state index in [1.165, 1.54) is 5.56 Å². The second-order valence-corrected chi connectivity index (χ2v) is 8.95. The maximum Gasteiger partial charge on any atom is 0.320 e. The molecule has 1 atom stereocenters. The number of aryl methyl sites for hydroxylation is 1. The number of hydrogen-bond donors (Lipinski definition) is 1. The number of benzene rings is 2. The molecule has 0 radical (unpaired) electrons. The maximum atomic E-state index is 13.1. The van der Waals surface area contributed by atoms with Gasteiger partial charge in [0.25, 0.3) is 0 Å². The SMILES string of the molecule is O=C(O)CC1CN(CCCCCc2ccccc2)C(=O)N(Cc2ccc(Cl)cc2Cl)C1. The summed E-state index contributed by atoms with van der Waals surface area (Å²) in [6.45, 7) is 1.87. The van der Waals surface area contributed by atoms with Gasteiger partial charge in [0.15, 0.2) is 0 Å². The molecule has 0 spiro atoms. The van der Waals surface area contributed by atoms with Crippen LogP contribution in [0.15, 0.2) is 48.5 Å². The van der Waals surface area contributed by atoms with Crippen molar-refractivity contribution in [3.8, 4) is 0 Å². The highest BCUT2D eigenvalue weighted by atomic mass is 35.5. The van der Waals surface area contributed by atoms with Crippen LogP contribution in [0.4, 0.5) is 4.79 Å². The highest BCUT2D eigenvalue weighted by Crippen LogP contribution is 2.26. The van der Waals surface area contributed by atoms with E-state index < -0.39 is 5.97 Å². The zero-order valence-corrected chi connectivity index (χ0v) is 19.0. The molecule has 1 aliphatic rings. The minimum Gasteiger partial charge on any atom is -0.481 e. The van der Waals surface area contributed by atoms with Crippen LogP contribution in [0.3, 0.4) is 0 Å². The lowest BCUT2D eigenvalue weighted by Gasteiger charge is -2.40. The highest BCUT2D eigenvalue weighted by Gasteiger charge is 2.32. The third kappa shape index (κ3) is 7.15. The number of carboxylic acids is 1. The number of hydrogen-bond acceptors (Lipinski definition) is 2. The van der Waals surface area contributed by atoms with Crippen LogP contribution in [0.1, 0.15) is 36.8 Å². The molecule has 1 heterocycles. The first-order valence-corrected chi connectivity index (χ1v) is 11.4. The van der Waals surface area contributed by atoms with E-state index in [4.69, 9.17) is 23.2 Å². The van der Waals surface area contributed by atoms with Gasteiger partial charge < -0.3 is 14.9 Å². The minimum absolute atomic E-state index is 0.0443. The van der Waals surface area contributed by atoms with Gasteiger partial charge in [-0.1, -0.05) is 66.0 Å². The van der Waals surface area contributed by atoms with Crippen LogP contribution in [-0.2, 0) is 17.8 Å². The van der Waals surface area contributed by atoms with Crippen LogP contribution in [-0.4, -0.2) is 46.5 Å². The van der Waals surface area contributed by atoms with Crippen LogP contribution in [0.2, 0.25) is 10.0 Å². The number of carbonyl (C=O) groups excluding carboxylic acids is 1. The summed E-state index contributed by atoms with van der Waals surface area (Å²) < 4.78 is 0. The Morgan fingerprint density at radius 1 is 1.00 bits per heavy atom. The quantitative estimate of drug-likeness (QED) is 0.458. The Labute approximate surface area is 193 Å². The average molecular weight is 463 g/mol. The van der Waals surface area contributed by atoms with Gasteiger partial charge in [0.1, 0.15) is 0 Å². The van der Waals surface area contributed by atoms with Crippen molar-refractivity contribution in [1.29, 1.82) is 0 Å². The van der Waals surface area contributed by atoms with Gasteiger partial charge in [-0.3, -0.25) is 4.79 Å². The van der Waals surface area contributed by atoms with E-state index in [2.05, 4.69) is 12.1 Å². The fourth-order valence-corrected chi connectivity index (χ4v) is 4.51. The first kappa shape index (κ1) is 23.4. The number of aliphatic carboxylic acids is 1. The van der Waals surface area contributed by atoms with Crippen molar-refractivity contribution in [2.45, 2.75) is 38.6 Å². The Morgan fingerprint density at radius 3 is 2.45 bits per heavy atom. The molecule has 31 heavy (non-hydrogen) atoms. The molecule has 1 saturated heterocycles. The van der Waals surface area contributed by atoms with Crippen molar-refractivity contribution in [1.82, 2.24) is 9.80 Å². The molecule has 0 saturated carbocycles. The molecular formula is C24H28Cl2N2O3. The van der Waals surface area contributed by atoms with Gasteiger partial charge in [-0.05, 0) is 42.5 Å². The number of amides is 2. The molecule has 1 N–H and O–H groups in total. The first-order chi connectivity index (χ1) is 14.9. The van der Waals surface area contributed by atoms with E-state index in [1.807, 2.05) is 24.3 Å². The number of carbonyl (C=O) groups is 2. The Kier molecular flexibility index (Phi) is 8.61. The molecule has 1 fully saturated rings. The normalized spacial score (nSPS) is 16.6. The van der Waals surface area contributed by atoms with Gasteiger partial charge in [0, 0.05) is 42.1 Å². The van der Waals surface area contributed by atoms with Gasteiger partial charge in [0.2, 0.25) is 0 Å². The van der Waals surface area contributed by atoms with Crippen molar-refractivity contribution in [2.75, 3.05) is 19.6 Å². The Hall–Kier alpha value is -2.24. The lowest BCUT2D eigenvalue weighted by atomic mass is 10.0. The van der Waals surface area contributed by atoms with Gasteiger partial charge in [-0.15, -0.1) is 0 Å². The molecule has 0 aromatic heterocycles. The summed E-state index contributed by atoms with van der Waals surface area (Å²) >= 11 is 12.3. The standard InChI is InChI=1S/C24H28Cl2N2O3/c25-21-11-10-20(22(26)14-21)17-28-16-19(13-23(29)30)15-27(24(28)31)12-6-2-5-9-18-7-3-1-4-8-18/h1,3-4,7-8,10-11,14,19H,2,5-6,9,12-13,15-17H2,(H,29,30). The molecule has 0 aliphatic carbocycles. The largest absolute Gasteiger partial charge is 0.481 e. The highest BCUT2D eigenvalue weighted by molar-refractivity contribution is 6.35. The number of halogens is 2. The molecule has 7 heteroatoms. The van der Waals surface area contributed by atoms with Crippen molar-refractivity contribution in [3.05, 3.63) is 69.7 Å². The second-order valence-electron chi connectivity index (χ2n) is 8.10. The number of nitrogens with zero attached hydrogens (tertiary/aromatic N) is 2. The third-order valence-corrected chi connectivity index (χ3v) is 6.16. The molecule has 1 aliphatic heterocycles. The molecular weight excluding hydrogens is 435 g/mol. The van der Waals surface area contributed by atoms with E-state index >= 15 is 0 Å². The van der Waals surface area contributed by atoms with Crippen LogP contribution >= 0.6 is 23.2 Å². The molecule has 1 unspecified atom stereocenters. The predicted octanol–water partition coefficient (Wildman–Crippen LogP) is 5.73. The molecule has 2 aromatic carbocycles. The second kappa shape index (κ2) is 11.4. The smallest absolute Gasteiger partial charge is 0.320 e. The number of unbranched alkanes of at least 4 members (excludes halogenated alkanes) is 2. The summed E-state index contributed by atoms with van der Waals surface area (Å²) in [5.41, 5.74) is 2.13. The van der Waals surface area contributed by atoms with Gasteiger partial charge >= 0.3 is 12.0 Å². The lowest BCUT2D eigenvalue weighted by molar-refractivity contribution is -0.138. The van der Waals surface area contributed by atoms with Crippen molar-refractivity contribution in [3.63, 3.8) is 0 Å². The number of carboxylic acid groups (broad SMARTS) is 1. The Bertz CT molecular complexity index is 892.